The van der Waals surface area contributed by atoms with Crippen LogP contribution in [0.1, 0.15) is 18.2 Å². The van der Waals surface area contributed by atoms with Gasteiger partial charge >= 0.3 is 0 Å². The molecule has 0 bridgehead atoms. The van der Waals surface area contributed by atoms with Gasteiger partial charge in [-0.3, -0.25) is 9.80 Å². The van der Waals surface area contributed by atoms with Gasteiger partial charge < -0.3 is 5.73 Å². The fourth-order valence-electron chi connectivity index (χ4n) is 2.52. The van der Waals surface area contributed by atoms with Crippen molar-refractivity contribution in [2.45, 2.75) is 32.4 Å². The van der Waals surface area contributed by atoms with Crippen LogP contribution in [0.5, 0.6) is 0 Å². The van der Waals surface area contributed by atoms with Crippen LogP contribution in [0.25, 0.3) is 0 Å². The maximum atomic E-state index is 12.5. The molecule has 1 unspecified atom stereocenters. The number of nitrogens with zero attached hydrogens (tertiary/aromatic N) is 3. The second-order valence-electron chi connectivity index (χ2n) is 4.85. The van der Waals surface area contributed by atoms with E-state index in [9.17, 15) is 8.78 Å². The Morgan fingerprint density at radius 2 is 2.32 bits per heavy atom. The molecule has 4 nitrogen and oxygen atoms in total. The van der Waals surface area contributed by atoms with E-state index in [2.05, 4.69) is 16.8 Å². The van der Waals surface area contributed by atoms with Crippen molar-refractivity contribution in [3.8, 4) is 0 Å². The summed E-state index contributed by atoms with van der Waals surface area (Å²) in [5.41, 5.74) is 5.61. The Morgan fingerprint density at radius 1 is 1.53 bits per heavy atom. The van der Waals surface area contributed by atoms with Gasteiger partial charge in [0, 0.05) is 43.3 Å². The molecule has 0 amide bonds. The van der Waals surface area contributed by atoms with E-state index in [1.54, 1.807) is 6.20 Å². The number of halogens is 2. The smallest absolute Gasteiger partial charge is 0.251 e. The molecule has 0 aromatic carbocycles. The quantitative estimate of drug-likeness (QED) is 0.899. The second kappa shape index (κ2) is 6.58. The van der Waals surface area contributed by atoms with Crippen molar-refractivity contribution in [3.05, 3.63) is 11.1 Å². The van der Waals surface area contributed by atoms with Crippen molar-refractivity contribution in [2.75, 3.05) is 31.9 Å². The van der Waals surface area contributed by atoms with Gasteiger partial charge in [0.1, 0.15) is 0 Å². The van der Waals surface area contributed by atoms with E-state index in [-0.39, 0.29) is 12.6 Å². The van der Waals surface area contributed by atoms with Crippen LogP contribution >= 0.6 is 11.3 Å². The summed E-state index contributed by atoms with van der Waals surface area (Å²) < 4.78 is 25.0. The summed E-state index contributed by atoms with van der Waals surface area (Å²) in [5.74, 6) is 0. The zero-order chi connectivity index (χ0) is 13.8. The first kappa shape index (κ1) is 14.6. The summed E-state index contributed by atoms with van der Waals surface area (Å²) >= 11 is 1.49. The highest BCUT2D eigenvalue weighted by Crippen LogP contribution is 2.20. The Labute approximate surface area is 116 Å². The van der Waals surface area contributed by atoms with E-state index >= 15 is 0 Å². The van der Waals surface area contributed by atoms with Gasteiger partial charge in [-0.1, -0.05) is 6.92 Å². The maximum Gasteiger partial charge on any atom is 0.251 e. The minimum Gasteiger partial charge on any atom is -0.375 e. The third-order valence-electron chi connectivity index (χ3n) is 3.48. The number of alkyl halides is 2. The van der Waals surface area contributed by atoms with Crippen LogP contribution in [-0.2, 0) is 6.54 Å². The fourth-order valence-corrected chi connectivity index (χ4v) is 3.25. The van der Waals surface area contributed by atoms with E-state index in [0.29, 0.717) is 11.7 Å². The number of nitrogen functional groups attached to an aromatic ring is 1. The lowest BCUT2D eigenvalue weighted by molar-refractivity contribution is 0.0172. The molecule has 1 fully saturated rings. The molecule has 2 heterocycles. The first-order valence-electron chi connectivity index (χ1n) is 6.53. The molecule has 0 radical (unpaired) electrons. The predicted octanol–water partition coefficient (Wildman–Crippen LogP) is 1.89. The van der Waals surface area contributed by atoms with Crippen molar-refractivity contribution >= 4 is 16.5 Å². The van der Waals surface area contributed by atoms with E-state index in [1.807, 2.05) is 4.90 Å². The van der Waals surface area contributed by atoms with Gasteiger partial charge in [-0.15, -0.1) is 11.3 Å². The van der Waals surface area contributed by atoms with Crippen LogP contribution in [0, 0.1) is 0 Å². The highest BCUT2D eigenvalue weighted by molar-refractivity contribution is 7.15. The highest BCUT2D eigenvalue weighted by atomic mass is 32.1. The van der Waals surface area contributed by atoms with E-state index in [4.69, 9.17) is 5.73 Å². The molecule has 0 aliphatic carbocycles. The number of piperazine rings is 1. The average Bonchev–Trinajstić information content (AvgIpc) is 2.76. The molecule has 1 atom stereocenters. The van der Waals surface area contributed by atoms with Crippen LogP contribution in [0.2, 0.25) is 0 Å². The minimum absolute atomic E-state index is 0.111. The lowest BCUT2D eigenvalue weighted by atomic mass is 10.1. The van der Waals surface area contributed by atoms with E-state index < -0.39 is 6.43 Å². The predicted molar refractivity (Wildman–Crippen MR) is 73.5 cm³/mol. The number of aromatic nitrogens is 1. The Kier molecular flexibility index (Phi) is 5.06. The molecule has 1 aromatic rings. The topological polar surface area (TPSA) is 45.4 Å². The van der Waals surface area contributed by atoms with Crippen LogP contribution < -0.4 is 5.73 Å². The first-order chi connectivity index (χ1) is 9.08. The molecule has 1 aliphatic heterocycles. The third-order valence-corrected chi connectivity index (χ3v) is 4.29. The Bertz CT molecular complexity index is 399. The molecule has 2 N–H and O–H groups in total. The van der Waals surface area contributed by atoms with Crippen LogP contribution in [0.15, 0.2) is 6.20 Å². The molecule has 0 saturated carbocycles. The molecular weight excluding hydrogens is 270 g/mol. The highest BCUT2D eigenvalue weighted by Gasteiger charge is 2.27. The maximum absolute atomic E-state index is 12.5. The van der Waals surface area contributed by atoms with Gasteiger partial charge in [0.15, 0.2) is 5.13 Å². The van der Waals surface area contributed by atoms with Gasteiger partial charge in [0.25, 0.3) is 6.43 Å². The molecular formula is C12H20F2N4S. The zero-order valence-electron chi connectivity index (χ0n) is 11.1. The van der Waals surface area contributed by atoms with Gasteiger partial charge in [-0.05, 0) is 6.42 Å². The summed E-state index contributed by atoms with van der Waals surface area (Å²) in [7, 11) is 0. The standard InChI is InChI=1S/C12H20F2N4S/c1-2-9-6-17(3-4-18(9)8-11(13)14)7-10-5-16-12(15)19-10/h5,9,11H,2-4,6-8H2,1H3,(H2,15,16). The monoisotopic (exact) mass is 290 g/mol. The number of hydrogen-bond donors (Lipinski definition) is 1. The zero-order valence-corrected chi connectivity index (χ0v) is 11.9. The van der Waals surface area contributed by atoms with E-state index in [0.717, 1.165) is 30.9 Å². The van der Waals surface area contributed by atoms with Crippen LogP contribution in [-0.4, -0.2) is 53.4 Å². The summed E-state index contributed by atoms with van der Waals surface area (Å²) in [4.78, 5) is 9.37. The van der Waals surface area contributed by atoms with Gasteiger partial charge in [0.2, 0.25) is 0 Å². The number of nitrogens with two attached hydrogens (primary N) is 1. The van der Waals surface area contributed by atoms with Crippen molar-refractivity contribution in [1.82, 2.24) is 14.8 Å². The van der Waals surface area contributed by atoms with Crippen molar-refractivity contribution in [1.29, 1.82) is 0 Å². The average molecular weight is 290 g/mol. The fraction of sp³-hybridized carbons (Fsp3) is 0.750. The van der Waals surface area contributed by atoms with Gasteiger partial charge in [0.05, 0.1) is 6.54 Å². The summed E-state index contributed by atoms with van der Waals surface area (Å²) in [5, 5.41) is 0.582. The Hall–Kier alpha value is -0.790. The van der Waals surface area contributed by atoms with Crippen LogP contribution in [0.4, 0.5) is 13.9 Å². The summed E-state index contributed by atoms with van der Waals surface area (Å²) in [6.45, 7) is 5.12. The molecule has 1 aromatic heterocycles. The molecule has 1 saturated heterocycles. The lowest BCUT2D eigenvalue weighted by Crippen LogP contribution is -2.53. The summed E-state index contributed by atoms with van der Waals surface area (Å²) in [6, 6.07) is 0.216. The van der Waals surface area contributed by atoms with Gasteiger partial charge in [-0.25, -0.2) is 13.8 Å². The third kappa shape index (κ3) is 4.09. The molecule has 7 heteroatoms. The van der Waals surface area contributed by atoms with Crippen LogP contribution in [0.3, 0.4) is 0 Å². The first-order valence-corrected chi connectivity index (χ1v) is 7.35. The minimum atomic E-state index is -2.25. The molecule has 108 valence electrons. The molecule has 2 rings (SSSR count). The summed E-state index contributed by atoms with van der Waals surface area (Å²) in [6.07, 6.45) is 0.447. The van der Waals surface area contributed by atoms with Crippen molar-refractivity contribution in [2.24, 2.45) is 0 Å². The molecule has 0 spiro atoms. The molecule has 1 aliphatic rings. The number of anilines is 1. The van der Waals surface area contributed by atoms with E-state index in [1.165, 1.54) is 11.3 Å². The number of hydrogen-bond acceptors (Lipinski definition) is 5. The number of rotatable bonds is 5. The van der Waals surface area contributed by atoms with Crippen molar-refractivity contribution < 1.29 is 8.78 Å². The van der Waals surface area contributed by atoms with Gasteiger partial charge in [-0.2, -0.15) is 0 Å². The SMILES string of the molecule is CCC1CN(Cc2cnc(N)s2)CCN1CC(F)F. The number of thiazole rings is 1. The largest absolute Gasteiger partial charge is 0.375 e. The Balaban J connectivity index is 1.89. The molecule has 19 heavy (non-hydrogen) atoms. The second-order valence-corrected chi connectivity index (χ2v) is 5.99. The normalized spacial score (nSPS) is 22.2. The van der Waals surface area contributed by atoms with Crippen molar-refractivity contribution in [3.63, 3.8) is 0 Å². The lowest BCUT2D eigenvalue weighted by Gasteiger charge is -2.40. The Morgan fingerprint density at radius 3 is 2.89 bits per heavy atom.